The average Bonchev–Trinajstić information content (AvgIpc) is 2.72. The van der Waals surface area contributed by atoms with Gasteiger partial charge in [0.1, 0.15) is 23.5 Å². The third-order valence-electron chi connectivity index (χ3n) is 4.61. The Morgan fingerprint density at radius 3 is 2.72 bits per heavy atom. The van der Waals surface area contributed by atoms with Crippen molar-refractivity contribution in [2.75, 3.05) is 12.8 Å². The fourth-order valence-electron chi connectivity index (χ4n) is 3.25. The third kappa shape index (κ3) is 3.50. The molecule has 2 N–H and O–H groups in total. The number of ether oxygens (including phenoxy) is 2. The van der Waals surface area contributed by atoms with Gasteiger partial charge in [0.2, 0.25) is 0 Å². The second-order valence-electron chi connectivity index (χ2n) is 6.40. The Morgan fingerprint density at radius 2 is 1.93 bits per heavy atom. The second kappa shape index (κ2) is 7.48. The first-order valence-electron chi connectivity index (χ1n) is 8.72. The molecule has 146 valence electrons. The predicted octanol–water partition coefficient (Wildman–Crippen LogP) is 4.55. The number of methoxy groups -OCH3 is 1. The van der Waals surface area contributed by atoms with Gasteiger partial charge in [-0.2, -0.15) is 0 Å². The molecule has 0 bridgehead atoms. The lowest BCUT2D eigenvalue weighted by Gasteiger charge is -2.12. The van der Waals surface area contributed by atoms with Crippen molar-refractivity contribution in [3.63, 3.8) is 0 Å². The van der Waals surface area contributed by atoms with Gasteiger partial charge >= 0.3 is 11.6 Å². The van der Waals surface area contributed by atoms with Gasteiger partial charge in [-0.05, 0) is 22.9 Å². The Labute approximate surface area is 170 Å². The summed E-state index contributed by atoms with van der Waals surface area (Å²) >= 11 is 6.03. The molecule has 0 aliphatic carbocycles. The van der Waals surface area contributed by atoms with E-state index in [0.717, 1.165) is 16.2 Å². The highest BCUT2D eigenvalue weighted by Gasteiger charge is 2.18. The number of anilines is 1. The molecule has 4 rings (SSSR count). The summed E-state index contributed by atoms with van der Waals surface area (Å²) in [5.41, 5.74) is 6.63. The van der Waals surface area contributed by atoms with Crippen LogP contribution in [0.3, 0.4) is 0 Å². The predicted molar refractivity (Wildman–Crippen MR) is 112 cm³/mol. The number of nitrogen functional groups attached to an aromatic ring is 1. The SMILES string of the molecule is COc1cc(N)c(Cl)cc1C(=O)OCc1cc(=O)oc2ccc3ccccc3c12. The number of hydrogen-bond donors (Lipinski definition) is 1. The summed E-state index contributed by atoms with van der Waals surface area (Å²) in [6.07, 6.45) is 0. The van der Waals surface area contributed by atoms with Gasteiger partial charge in [0.05, 0.1) is 17.8 Å². The number of carbonyl (C=O) groups is 1. The van der Waals surface area contributed by atoms with Crippen LogP contribution >= 0.6 is 11.6 Å². The Hall–Kier alpha value is -3.51. The van der Waals surface area contributed by atoms with E-state index in [0.29, 0.717) is 11.1 Å². The van der Waals surface area contributed by atoms with Crippen LogP contribution in [0, 0.1) is 0 Å². The summed E-state index contributed by atoms with van der Waals surface area (Å²) in [6, 6.07) is 15.5. The van der Waals surface area contributed by atoms with Gasteiger partial charge < -0.3 is 19.6 Å². The highest BCUT2D eigenvalue weighted by molar-refractivity contribution is 6.33. The van der Waals surface area contributed by atoms with Crippen molar-refractivity contribution in [3.05, 3.63) is 81.2 Å². The monoisotopic (exact) mass is 409 g/mol. The number of nitrogens with two attached hydrogens (primary N) is 1. The lowest BCUT2D eigenvalue weighted by Crippen LogP contribution is -2.10. The Morgan fingerprint density at radius 1 is 1.14 bits per heavy atom. The summed E-state index contributed by atoms with van der Waals surface area (Å²) in [5, 5.41) is 2.81. The number of benzene rings is 3. The molecule has 0 atom stereocenters. The highest BCUT2D eigenvalue weighted by Crippen LogP contribution is 2.31. The molecule has 6 nitrogen and oxygen atoms in total. The van der Waals surface area contributed by atoms with Crippen LogP contribution in [-0.4, -0.2) is 13.1 Å². The highest BCUT2D eigenvalue weighted by atomic mass is 35.5. The molecule has 1 aromatic heterocycles. The zero-order chi connectivity index (χ0) is 20.5. The molecule has 0 spiro atoms. The first kappa shape index (κ1) is 18.8. The lowest BCUT2D eigenvalue weighted by atomic mass is 10.0. The van der Waals surface area contributed by atoms with E-state index in [4.69, 9.17) is 31.2 Å². The number of fused-ring (bicyclic) bond motifs is 3. The maximum atomic E-state index is 12.6. The van der Waals surface area contributed by atoms with E-state index in [1.165, 1.54) is 25.3 Å². The van der Waals surface area contributed by atoms with E-state index in [1.54, 1.807) is 6.07 Å². The first-order valence-corrected chi connectivity index (χ1v) is 9.10. The van der Waals surface area contributed by atoms with Gasteiger partial charge in [-0.1, -0.05) is 41.9 Å². The number of halogens is 1. The topological polar surface area (TPSA) is 91.8 Å². The zero-order valence-electron chi connectivity index (χ0n) is 15.4. The molecule has 0 aliphatic heterocycles. The van der Waals surface area contributed by atoms with E-state index < -0.39 is 11.6 Å². The van der Waals surface area contributed by atoms with Gasteiger partial charge in [0.15, 0.2) is 0 Å². The van der Waals surface area contributed by atoms with Crippen LogP contribution in [-0.2, 0) is 11.3 Å². The van der Waals surface area contributed by atoms with E-state index in [-0.39, 0.29) is 28.6 Å². The molecule has 0 amide bonds. The minimum Gasteiger partial charge on any atom is -0.496 e. The maximum absolute atomic E-state index is 12.6. The largest absolute Gasteiger partial charge is 0.496 e. The molecule has 0 fully saturated rings. The summed E-state index contributed by atoms with van der Waals surface area (Å²) in [7, 11) is 1.42. The second-order valence-corrected chi connectivity index (χ2v) is 6.81. The average molecular weight is 410 g/mol. The van der Waals surface area contributed by atoms with Crippen molar-refractivity contribution in [2.45, 2.75) is 6.61 Å². The van der Waals surface area contributed by atoms with Crippen molar-refractivity contribution in [3.8, 4) is 5.75 Å². The maximum Gasteiger partial charge on any atom is 0.342 e. The standard InChI is InChI=1S/C22H16ClNO5/c1-27-19-10-17(24)16(23)9-15(19)22(26)28-11-13-8-20(25)29-18-7-6-12-4-2-3-5-14(12)21(13)18/h2-10H,11,24H2,1H3. The van der Waals surface area contributed by atoms with Crippen molar-refractivity contribution in [1.29, 1.82) is 0 Å². The number of esters is 1. The van der Waals surface area contributed by atoms with Gasteiger partial charge in [0, 0.05) is 23.1 Å². The van der Waals surface area contributed by atoms with Crippen molar-refractivity contribution < 1.29 is 18.7 Å². The number of hydrogen-bond acceptors (Lipinski definition) is 6. The van der Waals surface area contributed by atoms with Gasteiger partial charge in [-0.25, -0.2) is 9.59 Å². The van der Waals surface area contributed by atoms with E-state index in [1.807, 2.05) is 30.3 Å². The minimum absolute atomic E-state index is 0.125. The third-order valence-corrected chi connectivity index (χ3v) is 4.94. The van der Waals surface area contributed by atoms with E-state index in [9.17, 15) is 9.59 Å². The van der Waals surface area contributed by atoms with Gasteiger partial charge in [0.25, 0.3) is 0 Å². The van der Waals surface area contributed by atoms with Crippen LogP contribution in [0.2, 0.25) is 5.02 Å². The van der Waals surface area contributed by atoms with Gasteiger partial charge in [-0.3, -0.25) is 0 Å². The summed E-state index contributed by atoms with van der Waals surface area (Å²) in [5.74, 6) is -0.398. The first-order chi connectivity index (χ1) is 14.0. The number of rotatable bonds is 4. The van der Waals surface area contributed by atoms with Crippen LogP contribution in [0.25, 0.3) is 21.7 Å². The molecular weight excluding hydrogens is 394 g/mol. The van der Waals surface area contributed by atoms with Crippen molar-refractivity contribution in [1.82, 2.24) is 0 Å². The summed E-state index contributed by atoms with van der Waals surface area (Å²) in [4.78, 5) is 24.6. The molecule has 4 aromatic rings. The molecule has 0 aliphatic rings. The summed E-state index contributed by atoms with van der Waals surface area (Å²) < 4.78 is 16.0. The van der Waals surface area contributed by atoms with Gasteiger partial charge in [-0.15, -0.1) is 0 Å². The normalized spacial score (nSPS) is 11.0. The van der Waals surface area contributed by atoms with Crippen LogP contribution in [0.4, 0.5) is 5.69 Å². The van der Waals surface area contributed by atoms with Crippen LogP contribution in [0.15, 0.2) is 63.8 Å². The quantitative estimate of drug-likeness (QED) is 0.230. The molecule has 3 aromatic carbocycles. The molecule has 7 heteroatoms. The fraction of sp³-hybridized carbons (Fsp3) is 0.0909. The van der Waals surface area contributed by atoms with E-state index in [2.05, 4.69) is 0 Å². The van der Waals surface area contributed by atoms with E-state index >= 15 is 0 Å². The molecule has 1 heterocycles. The molecule has 0 unspecified atom stereocenters. The van der Waals surface area contributed by atoms with Crippen LogP contribution < -0.4 is 16.1 Å². The van der Waals surface area contributed by atoms with Crippen LogP contribution in [0.5, 0.6) is 5.75 Å². The minimum atomic E-state index is -0.648. The Kier molecular flexibility index (Phi) is 4.86. The Balaban J connectivity index is 1.74. The zero-order valence-corrected chi connectivity index (χ0v) is 16.2. The van der Waals surface area contributed by atoms with Crippen molar-refractivity contribution >= 4 is 45.0 Å². The van der Waals surface area contributed by atoms with Crippen LogP contribution in [0.1, 0.15) is 15.9 Å². The smallest absolute Gasteiger partial charge is 0.342 e. The molecule has 0 saturated carbocycles. The van der Waals surface area contributed by atoms with Crippen molar-refractivity contribution in [2.24, 2.45) is 0 Å². The summed E-state index contributed by atoms with van der Waals surface area (Å²) in [6.45, 7) is -0.125. The molecular formula is C22H16ClNO5. The fourth-order valence-corrected chi connectivity index (χ4v) is 3.42. The Bertz CT molecular complexity index is 1310. The number of carbonyl (C=O) groups excluding carboxylic acids is 1. The molecule has 0 saturated heterocycles. The molecule has 0 radical (unpaired) electrons. The lowest BCUT2D eigenvalue weighted by molar-refractivity contribution is 0.0470. The molecule has 29 heavy (non-hydrogen) atoms.